The van der Waals surface area contributed by atoms with Crippen LogP contribution in [0.25, 0.3) is 0 Å². The molecule has 1 aliphatic heterocycles. The first-order valence-corrected chi connectivity index (χ1v) is 6.22. The number of aliphatic hydroxyl groups excluding tert-OH is 3. The van der Waals surface area contributed by atoms with E-state index in [-0.39, 0.29) is 6.61 Å². The third kappa shape index (κ3) is 2.66. The van der Waals surface area contributed by atoms with E-state index in [0.717, 1.165) is 0 Å². The fourth-order valence-corrected chi connectivity index (χ4v) is 2.17. The van der Waals surface area contributed by atoms with Crippen molar-refractivity contribution in [3.05, 3.63) is 18.2 Å². The van der Waals surface area contributed by atoms with E-state index >= 15 is 0 Å². The summed E-state index contributed by atoms with van der Waals surface area (Å²) in [6, 6.07) is 5.22. The topological polar surface area (TPSA) is 100 Å². The molecule has 0 aliphatic carbocycles. The Hall–Kier alpha value is -1.54. The fraction of sp³-hybridized carbons (Fsp3) is 0.538. The van der Waals surface area contributed by atoms with E-state index in [1.165, 1.54) is 14.2 Å². The van der Waals surface area contributed by atoms with Gasteiger partial charge >= 0.3 is 0 Å². The number of ether oxygens (including phenoxy) is 3. The maximum absolute atomic E-state index is 9.89. The number of anilines is 1. The number of hydrogen-bond donors (Lipinski definition) is 4. The van der Waals surface area contributed by atoms with E-state index in [1.54, 1.807) is 18.2 Å². The summed E-state index contributed by atoms with van der Waals surface area (Å²) in [6.45, 7) is -0.369. The van der Waals surface area contributed by atoms with Gasteiger partial charge in [-0.25, -0.2) is 0 Å². The van der Waals surface area contributed by atoms with Crippen LogP contribution >= 0.6 is 0 Å². The maximum Gasteiger partial charge on any atom is 0.184 e. The zero-order valence-electron chi connectivity index (χ0n) is 11.3. The monoisotopic (exact) mass is 285 g/mol. The summed E-state index contributed by atoms with van der Waals surface area (Å²) in [7, 11) is 3.02. The smallest absolute Gasteiger partial charge is 0.184 e. The van der Waals surface area contributed by atoms with Crippen molar-refractivity contribution in [3.63, 3.8) is 0 Å². The van der Waals surface area contributed by atoms with Gasteiger partial charge in [0.2, 0.25) is 0 Å². The van der Waals surface area contributed by atoms with E-state index in [1.807, 2.05) is 0 Å². The molecule has 0 amide bonds. The Morgan fingerprint density at radius 3 is 2.50 bits per heavy atom. The van der Waals surface area contributed by atoms with E-state index in [2.05, 4.69) is 5.32 Å². The Morgan fingerprint density at radius 2 is 1.95 bits per heavy atom. The van der Waals surface area contributed by atoms with Gasteiger partial charge in [0.25, 0.3) is 0 Å². The molecule has 7 nitrogen and oxygen atoms in total. The van der Waals surface area contributed by atoms with Crippen molar-refractivity contribution in [2.75, 3.05) is 26.1 Å². The summed E-state index contributed by atoms with van der Waals surface area (Å²) < 4.78 is 15.8. The van der Waals surface area contributed by atoms with Gasteiger partial charge in [0.1, 0.15) is 18.3 Å². The van der Waals surface area contributed by atoms with Gasteiger partial charge in [-0.2, -0.15) is 0 Å². The lowest BCUT2D eigenvalue weighted by Crippen LogP contribution is -2.36. The van der Waals surface area contributed by atoms with Crippen LogP contribution in [0.4, 0.5) is 5.69 Å². The van der Waals surface area contributed by atoms with Crippen molar-refractivity contribution in [1.82, 2.24) is 0 Å². The summed E-state index contributed by atoms with van der Waals surface area (Å²) in [4.78, 5) is 0. The average Bonchev–Trinajstić information content (AvgIpc) is 2.74. The molecule has 4 atom stereocenters. The molecule has 0 aromatic heterocycles. The molecular formula is C13H19NO6. The predicted molar refractivity (Wildman–Crippen MR) is 70.9 cm³/mol. The molecule has 4 N–H and O–H groups in total. The van der Waals surface area contributed by atoms with Crippen molar-refractivity contribution >= 4 is 5.69 Å². The van der Waals surface area contributed by atoms with Crippen LogP contribution in [0.3, 0.4) is 0 Å². The van der Waals surface area contributed by atoms with Crippen LogP contribution in [0.5, 0.6) is 11.5 Å². The Kier molecular flexibility index (Phi) is 4.66. The zero-order valence-corrected chi connectivity index (χ0v) is 11.3. The highest BCUT2D eigenvalue weighted by molar-refractivity contribution is 5.63. The summed E-state index contributed by atoms with van der Waals surface area (Å²) in [6.07, 6.45) is -3.96. The Bertz CT molecular complexity index is 454. The van der Waals surface area contributed by atoms with E-state index in [0.29, 0.717) is 17.2 Å². The summed E-state index contributed by atoms with van der Waals surface area (Å²) in [5.41, 5.74) is 0.557. The fourth-order valence-electron chi connectivity index (χ4n) is 2.17. The highest BCUT2D eigenvalue weighted by atomic mass is 16.6. The third-order valence-electron chi connectivity index (χ3n) is 3.24. The van der Waals surface area contributed by atoms with Gasteiger partial charge in [-0.3, -0.25) is 0 Å². The molecule has 0 bridgehead atoms. The molecule has 112 valence electrons. The first kappa shape index (κ1) is 14.9. The molecule has 0 spiro atoms. The summed E-state index contributed by atoms with van der Waals surface area (Å²) in [5.74, 6) is 0.997. The highest BCUT2D eigenvalue weighted by Crippen LogP contribution is 2.36. The lowest BCUT2D eigenvalue weighted by molar-refractivity contribution is -0.0153. The minimum atomic E-state index is -1.15. The second kappa shape index (κ2) is 6.27. The molecule has 1 aromatic rings. The molecule has 1 saturated heterocycles. The first-order valence-electron chi connectivity index (χ1n) is 6.22. The van der Waals surface area contributed by atoms with Crippen molar-refractivity contribution in [2.45, 2.75) is 24.5 Å². The Labute approximate surface area is 116 Å². The van der Waals surface area contributed by atoms with Crippen LogP contribution in [0.2, 0.25) is 0 Å². The van der Waals surface area contributed by atoms with Gasteiger partial charge in [-0.1, -0.05) is 6.07 Å². The van der Waals surface area contributed by atoms with Gasteiger partial charge in [0.15, 0.2) is 17.7 Å². The molecule has 2 rings (SSSR count). The van der Waals surface area contributed by atoms with Gasteiger partial charge < -0.3 is 34.8 Å². The summed E-state index contributed by atoms with van der Waals surface area (Å²) >= 11 is 0. The molecule has 1 aliphatic rings. The second-order valence-corrected chi connectivity index (χ2v) is 4.44. The quantitative estimate of drug-likeness (QED) is 0.581. The van der Waals surface area contributed by atoms with E-state index in [4.69, 9.17) is 19.3 Å². The summed E-state index contributed by atoms with van der Waals surface area (Å²) in [5, 5.41) is 31.6. The molecule has 0 unspecified atom stereocenters. The molecule has 7 heteroatoms. The van der Waals surface area contributed by atoms with Crippen molar-refractivity contribution in [3.8, 4) is 11.5 Å². The Balaban J connectivity index is 2.18. The minimum absolute atomic E-state index is 0.369. The van der Waals surface area contributed by atoms with E-state index in [9.17, 15) is 10.2 Å². The molecule has 0 radical (unpaired) electrons. The predicted octanol–water partition coefficient (Wildman–Crippen LogP) is -0.445. The number of rotatable bonds is 5. The van der Waals surface area contributed by atoms with Crippen LogP contribution in [-0.4, -0.2) is 60.7 Å². The van der Waals surface area contributed by atoms with Gasteiger partial charge in [0, 0.05) is 0 Å². The Morgan fingerprint density at radius 1 is 1.20 bits per heavy atom. The lowest BCUT2D eigenvalue weighted by Gasteiger charge is -2.20. The highest BCUT2D eigenvalue weighted by Gasteiger charge is 2.42. The molecule has 1 aromatic carbocycles. The van der Waals surface area contributed by atoms with Crippen LogP contribution < -0.4 is 14.8 Å². The van der Waals surface area contributed by atoms with Crippen molar-refractivity contribution in [1.29, 1.82) is 0 Å². The molecule has 1 heterocycles. The molecular weight excluding hydrogens is 266 g/mol. The van der Waals surface area contributed by atoms with Crippen LogP contribution in [-0.2, 0) is 4.74 Å². The van der Waals surface area contributed by atoms with Crippen molar-refractivity contribution in [2.24, 2.45) is 0 Å². The van der Waals surface area contributed by atoms with E-state index < -0.39 is 24.5 Å². The van der Waals surface area contributed by atoms with Crippen LogP contribution in [0.1, 0.15) is 0 Å². The maximum atomic E-state index is 9.89. The van der Waals surface area contributed by atoms with Crippen molar-refractivity contribution < 1.29 is 29.5 Å². The van der Waals surface area contributed by atoms with Crippen LogP contribution in [0, 0.1) is 0 Å². The van der Waals surface area contributed by atoms with Gasteiger partial charge in [0.05, 0.1) is 26.5 Å². The number of aliphatic hydroxyl groups is 3. The number of benzene rings is 1. The number of nitrogens with one attached hydrogen (secondary N) is 1. The zero-order chi connectivity index (χ0) is 14.7. The first-order chi connectivity index (χ1) is 9.62. The normalized spacial score (nSPS) is 29.2. The third-order valence-corrected chi connectivity index (χ3v) is 3.24. The molecule has 0 saturated carbocycles. The largest absolute Gasteiger partial charge is 0.493 e. The number of hydrogen-bond acceptors (Lipinski definition) is 7. The van der Waals surface area contributed by atoms with Crippen LogP contribution in [0.15, 0.2) is 18.2 Å². The molecule has 1 fully saturated rings. The van der Waals surface area contributed by atoms with Gasteiger partial charge in [-0.15, -0.1) is 0 Å². The number of para-hydroxylation sites is 1. The standard InChI is InChI=1S/C13H19NO6/c1-18-8-5-3-4-7(12(8)19-2)14-13-11(17)10(16)9(6-15)20-13/h3-5,9-11,13-17H,6H2,1-2H3/t9-,10-,11-,13-/m1/s1. The SMILES string of the molecule is COc1cccc(N[C@@H]2O[C@H](CO)[C@@H](O)[C@H]2O)c1OC. The minimum Gasteiger partial charge on any atom is -0.493 e. The molecule has 20 heavy (non-hydrogen) atoms. The lowest BCUT2D eigenvalue weighted by atomic mass is 10.1. The second-order valence-electron chi connectivity index (χ2n) is 4.44. The number of methoxy groups -OCH3 is 2. The average molecular weight is 285 g/mol. The van der Waals surface area contributed by atoms with Gasteiger partial charge in [-0.05, 0) is 12.1 Å².